The molecule has 9 heteroatoms. The summed E-state index contributed by atoms with van der Waals surface area (Å²) in [5.41, 5.74) is 0.983. The molecule has 1 aromatic heterocycles. The predicted molar refractivity (Wildman–Crippen MR) is 129 cm³/mol. The van der Waals surface area contributed by atoms with Gasteiger partial charge in [0.15, 0.2) is 6.29 Å². The first-order valence-electron chi connectivity index (χ1n) is 12.3. The Morgan fingerprint density at radius 3 is 2.34 bits per heavy atom. The predicted octanol–water partition coefficient (Wildman–Crippen LogP) is 2.70. The second-order valence-corrected chi connectivity index (χ2v) is 9.39. The molecule has 1 radical (unpaired) electrons. The topological polar surface area (TPSA) is 91.7 Å². The van der Waals surface area contributed by atoms with Gasteiger partial charge >= 0.3 is 0 Å². The van der Waals surface area contributed by atoms with Crippen molar-refractivity contribution in [1.29, 1.82) is 0 Å². The zero-order chi connectivity index (χ0) is 25.1. The molecule has 0 unspecified atom stereocenters. The number of benzene rings is 1. The average molecular weight is 484 g/mol. The normalized spacial score (nSPS) is 17.9. The highest BCUT2D eigenvalue weighted by Gasteiger charge is 2.36. The van der Waals surface area contributed by atoms with Crippen molar-refractivity contribution in [2.45, 2.75) is 45.1 Å². The van der Waals surface area contributed by atoms with Gasteiger partial charge in [0.25, 0.3) is 5.91 Å². The lowest BCUT2D eigenvalue weighted by Crippen LogP contribution is -2.58. The number of halogens is 1. The molecule has 1 saturated carbocycles. The maximum absolute atomic E-state index is 13.8. The van der Waals surface area contributed by atoms with Gasteiger partial charge in [-0.05, 0) is 37.0 Å². The number of fused-ring (bicyclic) bond motifs is 1. The van der Waals surface area contributed by atoms with E-state index in [0.717, 1.165) is 32.1 Å². The number of aldehydes is 1. The Morgan fingerprint density at radius 2 is 1.71 bits per heavy atom. The van der Waals surface area contributed by atoms with Crippen LogP contribution in [-0.2, 0) is 16.6 Å². The minimum atomic E-state index is -0.559. The van der Waals surface area contributed by atoms with Gasteiger partial charge in [0.1, 0.15) is 17.6 Å². The molecule has 1 atom stereocenters. The highest BCUT2D eigenvalue weighted by atomic mass is 19.1. The first kappa shape index (κ1) is 24.9. The smallest absolute Gasteiger partial charge is 0.271 e. The molecular formula is C26H32FN4O4. The van der Waals surface area contributed by atoms with Gasteiger partial charge in [-0.15, -0.1) is 0 Å². The average Bonchev–Trinajstić information content (AvgIpc) is 3.17. The molecule has 4 rings (SSSR count). The third kappa shape index (κ3) is 4.94. The van der Waals surface area contributed by atoms with Crippen LogP contribution in [0.1, 0.15) is 59.9 Å². The highest BCUT2D eigenvalue weighted by molar-refractivity contribution is 6.10. The number of amides is 3. The largest absolute Gasteiger partial charge is 0.344 e. The summed E-state index contributed by atoms with van der Waals surface area (Å²) in [4.78, 5) is 54.1. The van der Waals surface area contributed by atoms with Crippen LogP contribution in [0, 0.1) is 18.2 Å². The molecule has 1 N–H and O–H groups in total. The van der Waals surface area contributed by atoms with Gasteiger partial charge in [0.2, 0.25) is 11.8 Å². The van der Waals surface area contributed by atoms with Crippen molar-refractivity contribution in [3.05, 3.63) is 41.7 Å². The number of hydrogen-bond donors (Lipinski definition) is 1. The number of carbonyl (C=O) groups excluding carboxylic acids is 4. The molecule has 2 aromatic rings. The number of nitrogens with zero attached hydrogens (tertiary/aromatic N) is 3. The van der Waals surface area contributed by atoms with Crippen molar-refractivity contribution >= 4 is 34.9 Å². The van der Waals surface area contributed by atoms with Gasteiger partial charge in [0, 0.05) is 50.6 Å². The van der Waals surface area contributed by atoms with Crippen molar-refractivity contribution in [3.63, 3.8) is 0 Å². The summed E-state index contributed by atoms with van der Waals surface area (Å²) in [6, 6.07) is 3.56. The second kappa shape index (κ2) is 10.6. The van der Waals surface area contributed by atoms with Gasteiger partial charge in [-0.2, -0.15) is 0 Å². The van der Waals surface area contributed by atoms with Gasteiger partial charge < -0.3 is 19.7 Å². The Labute approximate surface area is 204 Å². The third-order valence-corrected chi connectivity index (χ3v) is 7.35. The van der Waals surface area contributed by atoms with Crippen LogP contribution in [-0.4, -0.2) is 70.6 Å². The SMILES string of the molecule is C[CH]C(=O)N[C@H](C(=O)N1CCN(C(=O)c2c(C=O)c3cc(F)ccc3n2C)CC1)C1CCCCC1. The fourth-order valence-electron chi connectivity index (χ4n) is 5.38. The summed E-state index contributed by atoms with van der Waals surface area (Å²) in [5.74, 6) is -1.04. The number of aryl methyl sites for hydroxylation is 1. The molecule has 3 amide bonds. The first-order valence-corrected chi connectivity index (χ1v) is 12.3. The van der Waals surface area contributed by atoms with E-state index in [1.165, 1.54) is 18.6 Å². The molecule has 0 spiro atoms. The zero-order valence-electron chi connectivity index (χ0n) is 20.3. The van der Waals surface area contributed by atoms with Gasteiger partial charge in [-0.1, -0.05) is 26.2 Å². The molecule has 1 aliphatic carbocycles. The summed E-state index contributed by atoms with van der Waals surface area (Å²) >= 11 is 0. The lowest BCUT2D eigenvalue weighted by molar-refractivity contribution is -0.139. The molecular weight excluding hydrogens is 451 g/mol. The van der Waals surface area contributed by atoms with E-state index in [1.807, 2.05) is 0 Å². The van der Waals surface area contributed by atoms with E-state index in [2.05, 4.69) is 5.32 Å². The molecule has 1 aliphatic heterocycles. The lowest BCUT2D eigenvalue weighted by atomic mass is 9.83. The Kier molecular flexibility index (Phi) is 7.52. The molecule has 2 fully saturated rings. The third-order valence-electron chi connectivity index (χ3n) is 7.35. The summed E-state index contributed by atoms with van der Waals surface area (Å²) in [6.45, 7) is 2.95. The maximum Gasteiger partial charge on any atom is 0.271 e. The van der Waals surface area contributed by atoms with Crippen molar-refractivity contribution in [3.8, 4) is 0 Å². The van der Waals surface area contributed by atoms with Crippen molar-refractivity contribution in [2.24, 2.45) is 13.0 Å². The Morgan fingerprint density at radius 1 is 1.06 bits per heavy atom. The first-order chi connectivity index (χ1) is 16.8. The molecule has 187 valence electrons. The Balaban J connectivity index is 1.48. The van der Waals surface area contributed by atoms with Crippen molar-refractivity contribution in [1.82, 2.24) is 19.7 Å². The van der Waals surface area contributed by atoms with E-state index >= 15 is 0 Å². The van der Waals surface area contributed by atoms with Crippen LogP contribution in [0.3, 0.4) is 0 Å². The zero-order valence-corrected chi connectivity index (χ0v) is 20.3. The number of piperazine rings is 1. The number of hydrogen-bond acceptors (Lipinski definition) is 4. The van der Waals surface area contributed by atoms with E-state index in [0.29, 0.717) is 43.4 Å². The van der Waals surface area contributed by atoms with Gasteiger partial charge in [0.05, 0.1) is 5.56 Å². The van der Waals surface area contributed by atoms with Crippen LogP contribution in [0.2, 0.25) is 0 Å². The van der Waals surface area contributed by atoms with E-state index in [9.17, 15) is 23.6 Å². The standard InChI is InChI=1S/C26H32FN4O4/c1-3-22(33)28-23(17-7-5-4-6-8-17)25(34)30-11-13-31(14-12-30)26(35)24-20(16-32)19-15-18(27)9-10-21(19)29(24)2/h3,9-10,15-17,23H,4-8,11-14H2,1-2H3,(H,28,33)/t23-/m0/s1. The van der Waals surface area contributed by atoms with E-state index in [4.69, 9.17) is 0 Å². The van der Waals surface area contributed by atoms with Gasteiger partial charge in [-0.25, -0.2) is 4.39 Å². The molecule has 1 aromatic carbocycles. The number of aromatic nitrogens is 1. The van der Waals surface area contributed by atoms with E-state index in [1.54, 1.807) is 34.4 Å². The summed E-state index contributed by atoms with van der Waals surface area (Å²) < 4.78 is 15.4. The molecule has 8 nitrogen and oxygen atoms in total. The Bertz CT molecular complexity index is 1130. The van der Waals surface area contributed by atoms with Crippen LogP contribution in [0.15, 0.2) is 18.2 Å². The Hall–Kier alpha value is -3.23. The highest BCUT2D eigenvalue weighted by Crippen LogP contribution is 2.29. The van der Waals surface area contributed by atoms with Crippen LogP contribution < -0.4 is 5.32 Å². The quantitative estimate of drug-likeness (QED) is 0.640. The van der Waals surface area contributed by atoms with Crippen LogP contribution >= 0.6 is 0 Å². The maximum atomic E-state index is 13.8. The van der Waals surface area contributed by atoms with Crippen LogP contribution in [0.4, 0.5) is 4.39 Å². The molecule has 2 heterocycles. The number of rotatable bonds is 6. The summed E-state index contributed by atoms with van der Waals surface area (Å²) in [7, 11) is 1.68. The second-order valence-electron chi connectivity index (χ2n) is 9.39. The van der Waals surface area contributed by atoms with Crippen LogP contribution in [0.5, 0.6) is 0 Å². The fraction of sp³-hybridized carbons (Fsp3) is 0.500. The monoisotopic (exact) mass is 483 g/mol. The van der Waals surface area contributed by atoms with E-state index < -0.39 is 11.9 Å². The minimum Gasteiger partial charge on any atom is -0.344 e. The summed E-state index contributed by atoms with van der Waals surface area (Å²) in [5, 5.41) is 3.30. The fourth-order valence-corrected chi connectivity index (χ4v) is 5.38. The lowest BCUT2D eigenvalue weighted by Gasteiger charge is -2.39. The van der Waals surface area contributed by atoms with Crippen molar-refractivity contribution in [2.75, 3.05) is 26.2 Å². The van der Waals surface area contributed by atoms with Crippen LogP contribution in [0.25, 0.3) is 10.9 Å². The molecule has 1 saturated heterocycles. The van der Waals surface area contributed by atoms with Crippen molar-refractivity contribution < 1.29 is 23.6 Å². The summed E-state index contributed by atoms with van der Waals surface area (Å²) in [6.07, 6.45) is 7.10. The minimum absolute atomic E-state index is 0.104. The molecule has 2 aliphatic rings. The number of nitrogens with one attached hydrogen (secondary N) is 1. The molecule has 35 heavy (non-hydrogen) atoms. The van der Waals surface area contributed by atoms with E-state index in [-0.39, 0.29) is 34.9 Å². The number of carbonyl (C=O) groups is 4. The molecule has 0 bridgehead atoms. The van der Waals surface area contributed by atoms with Gasteiger partial charge in [-0.3, -0.25) is 19.2 Å².